The molecule has 0 radical (unpaired) electrons. The first-order chi connectivity index (χ1) is 34.5. The number of ether oxygens (including phenoxy) is 1. The Morgan fingerprint density at radius 2 is 1.15 bits per heavy atom. The lowest BCUT2D eigenvalue weighted by molar-refractivity contribution is -0.571. The largest absolute Gasteiger partial charge is 0.458 e. The molecule has 0 unspecified atom stereocenters. The van der Waals surface area contributed by atoms with Crippen molar-refractivity contribution in [3.8, 4) is 50.9 Å². The molecular formula is C60H56N4O. The number of rotatable bonds is 7. The molecule has 5 heteroatoms. The smallest absolute Gasteiger partial charge is 0.269 e. The highest BCUT2D eigenvalue weighted by Crippen LogP contribution is 2.39. The van der Waals surface area contributed by atoms with Gasteiger partial charge in [-0.05, 0) is 104 Å². The van der Waals surface area contributed by atoms with E-state index in [-0.39, 0.29) is 64.9 Å². The van der Waals surface area contributed by atoms with E-state index in [1.807, 2.05) is 125 Å². The highest BCUT2D eigenvalue weighted by molar-refractivity contribution is 6.09. The summed E-state index contributed by atoms with van der Waals surface area (Å²) in [6, 6.07) is 37.4. The molecule has 3 aromatic heterocycles. The average molecular weight is 857 g/mol. The monoisotopic (exact) mass is 856 g/mol. The summed E-state index contributed by atoms with van der Waals surface area (Å²) in [5.74, 6) is 1.99. The van der Waals surface area contributed by atoms with Crippen LogP contribution in [-0.4, -0.2) is 14.1 Å². The lowest BCUT2D eigenvalue weighted by Crippen LogP contribution is -2.31. The van der Waals surface area contributed by atoms with Crippen molar-refractivity contribution >= 4 is 32.8 Å². The van der Waals surface area contributed by atoms with E-state index >= 15 is 0 Å². The predicted octanol–water partition coefficient (Wildman–Crippen LogP) is 15.2. The van der Waals surface area contributed by atoms with Crippen molar-refractivity contribution < 1.29 is 20.3 Å². The molecule has 7 aromatic carbocycles. The van der Waals surface area contributed by atoms with E-state index in [2.05, 4.69) is 62.0 Å². The Bertz CT molecular complexity index is 3790. The highest BCUT2D eigenvalue weighted by Gasteiger charge is 2.23. The Hall–Kier alpha value is -7.24. The second-order valence-corrected chi connectivity index (χ2v) is 19.7. The summed E-state index contributed by atoms with van der Waals surface area (Å²) in [6.45, 7) is 17.9. The predicted molar refractivity (Wildman–Crippen MR) is 269 cm³/mol. The van der Waals surface area contributed by atoms with Gasteiger partial charge in [0, 0.05) is 23.0 Å². The molecule has 0 saturated carbocycles. The minimum absolute atomic E-state index is 0.0744. The van der Waals surface area contributed by atoms with E-state index in [0.717, 1.165) is 33.1 Å². The Labute approximate surface area is 394 Å². The molecule has 3 heterocycles. The highest BCUT2D eigenvalue weighted by atomic mass is 16.5. The summed E-state index contributed by atoms with van der Waals surface area (Å²) < 4.78 is 86.8. The number of pyridine rings is 1. The topological polar surface area (TPSA) is 35.9 Å². The van der Waals surface area contributed by atoms with Crippen LogP contribution < -0.4 is 9.30 Å². The molecule has 0 spiro atoms. The number of hydrogen-bond acceptors (Lipinski definition) is 2. The molecule has 0 atom stereocenters. The van der Waals surface area contributed by atoms with Gasteiger partial charge in [-0.15, -0.1) is 0 Å². The number of aromatic nitrogens is 4. The molecule has 65 heavy (non-hydrogen) atoms. The van der Waals surface area contributed by atoms with Gasteiger partial charge < -0.3 is 4.74 Å². The van der Waals surface area contributed by atoms with Crippen LogP contribution in [0.3, 0.4) is 0 Å². The molecular weight excluding hydrogens is 793 g/mol. The molecule has 0 bridgehead atoms. The van der Waals surface area contributed by atoms with E-state index in [4.69, 9.17) is 15.2 Å². The zero-order chi connectivity index (χ0) is 52.2. The number of hydrogen-bond donors (Lipinski definition) is 0. The zero-order valence-corrected chi connectivity index (χ0v) is 38.3. The third-order valence-corrected chi connectivity index (χ3v) is 11.9. The molecule has 5 nitrogen and oxygen atoms in total. The Kier molecular flexibility index (Phi) is 8.08. The van der Waals surface area contributed by atoms with Crippen LogP contribution in [0.1, 0.15) is 90.0 Å². The Balaban J connectivity index is 1.18. The summed E-state index contributed by atoms with van der Waals surface area (Å²) in [5, 5.41) is 2.17. The standard InChI is InChI=1S/C60H56N4O/c1-58(2,3)42-20-14-18-40(34-42)48-25-17-26-49(41-19-15-21-43(35-41)59(4,5)6)57(48)63-39-62(53-28-12-13-29-54(53)63)45-22-16-23-46(37-45)65-47-30-31-51-50-24-10-11-27-52(50)64(55(51)38-47)56-36-44(32-33-61-56)60(7,8)9/h10-38H,1-9H3/i14D,15D,18D,19D,20D,21D,34D,35D. The molecule has 0 saturated heterocycles. The van der Waals surface area contributed by atoms with Crippen LogP contribution >= 0.6 is 0 Å². The maximum absolute atomic E-state index is 9.70. The van der Waals surface area contributed by atoms with Gasteiger partial charge >= 0.3 is 0 Å². The number of imidazole rings is 1. The SMILES string of the molecule is [2H]c1c([2H])c(-c2cccc(-c3c([2H])c([2H])c([2H])c(C(C)(C)C)c3[2H])c2-[n+]2[c-]n(-c3cccc(Oc4ccc5c6ccccc6n(-c6cc(C(C)(C)C)ccn6)c5c4)c3)c3ccccc32)c([2H])c(C(C)(C)C)c1[2H]. The molecule has 322 valence electrons. The Morgan fingerprint density at radius 3 is 1.83 bits per heavy atom. The fourth-order valence-corrected chi connectivity index (χ4v) is 8.40. The van der Waals surface area contributed by atoms with E-state index in [9.17, 15) is 5.48 Å². The molecule has 0 aliphatic carbocycles. The second-order valence-electron chi connectivity index (χ2n) is 19.7. The fraction of sp³-hybridized carbons (Fsp3) is 0.200. The van der Waals surface area contributed by atoms with Gasteiger partial charge in [-0.2, -0.15) is 0 Å². The van der Waals surface area contributed by atoms with Crippen molar-refractivity contribution in [1.29, 1.82) is 0 Å². The van der Waals surface area contributed by atoms with E-state index < -0.39 is 10.8 Å². The summed E-state index contributed by atoms with van der Waals surface area (Å²) in [5.41, 5.74) is 5.56. The average Bonchev–Trinajstić information content (AvgIpc) is 3.88. The number of fused-ring (bicyclic) bond motifs is 4. The normalized spacial score (nSPS) is 14.1. The van der Waals surface area contributed by atoms with Crippen LogP contribution in [0.4, 0.5) is 0 Å². The third-order valence-electron chi connectivity index (χ3n) is 11.9. The molecule has 0 amide bonds. The van der Waals surface area contributed by atoms with Crippen molar-refractivity contribution in [2.24, 2.45) is 0 Å². The molecule has 10 rings (SSSR count). The summed E-state index contributed by atoms with van der Waals surface area (Å²) in [6.07, 6.45) is 5.45. The second kappa shape index (κ2) is 15.8. The van der Waals surface area contributed by atoms with Crippen molar-refractivity contribution in [3.05, 3.63) is 199 Å². The van der Waals surface area contributed by atoms with Crippen LogP contribution in [0, 0.1) is 6.33 Å². The van der Waals surface area contributed by atoms with Gasteiger partial charge in [-0.25, -0.2) is 4.98 Å². The van der Waals surface area contributed by atoms with Gasteiger partial charge in [0.2, 0.25) is 0 Å². The Morgan fingerprint density at radius 1 is 0.554 bits per heavy atom. The quantitative estimate of drug-likeness (QED) is 0.118. The lowest BCUT2D eigenvalue weighted by Gasteiger charge is -2.23. The van der Waals surface area contributed by atoms with Crippen molar-refractivity contribution in [2.45, 2.75) is 78.6 Å². The van der Waals surface area contributed by atoms with Crippen LogP contribution in [0.2, 0.25) is 0 Å². The van der Waals surface area contributed by atoms with Gasteiger partial charge in [-0.1, -0.05) is 177 Å². The minimum atomic E-state index is -0.736. The molecule has 0 fully saturated rings. The molecule has 0 N–H and O–H groups in total. The van der Waals surface area contributed by atoms with Crippen LogP contribution in [-0.2, 0) is 16.2 Å². The van der Waals surface area contributed by atoms with E-state index in [1.54, 1.807) is 22.8 Å². The van der Waals surface area contributed by atoms with E-state index in [1.165, 1.54) is 5.56 Å². The first kappa shape index (κ1) is 33.3. The summed E-state index contributed by atoms with van der Waals surface area (Å²) >= 11 is 0. The van der Waals surface area contributed by atoms with Crippen molar-refractivity contribution in [1.82, 2.24) is 14.1 Å². The summed E-state index contributed by atoms with van der Waals surface area (Å²) in [4.78, 5) is 4.85. The van der Waals surface area contributed by atoms with Gasteiger partial charge in [0.1, 0.15) is 17.3 Å². The maximum atomic E-state index is 9.70. The lowest BCUT2D eigenvalue weighted by atomic mass is 9.84. The minimum Gasteiger partial charge on any atom is -0.458 e. The van der Waals surface area contributed by atoms with E-state index in [0.29, 0.717) is 50.6 Å². The van der Waals surface area contributed by atoms with Gasteiger partial charge in [-0.3, -0.25) is 13.7 Å². The van der Waals surface area contributed by atoms with Crippen molar-refractivity contribution in [2.75, 3.05) is 0 Å². The number of para-hydroxylation sites is 4. The first-order valence-electron chi connectivity index (χ1n) is 26.1. The molecule has 10 aromatic rings. The molecule has 0 aliphatic heterocycles. The molecule has 0 aliphatic rings. The number of nitrogens with zero attached hydrogens (tertiary/aromatic N) is 4. The zero-order valence-electron chi connectivity index (χ0n) is 46.3. The first-order valence-corrected chi connectivity index (χ1v) is 22.1. The van der Waals surface area contributed by atoms with Crippen molar-refractivity contribution in [3.63, 3.8) is 0 Å². The maximum Gasteiger partial charge on any atom is 0.269 e. The van der Waals surface area contributed by atoms with Gasteiger partial charge in [0.15, 0.2) is 0 Å². The number of benzene rings is 7. The fourth-order valence-electron chi connectivity index (χ4n) is 8.40. The van der Waals surface area contributed by atoms with Crippen LogP contribution in [0.5, 0.6) is 11.5 Å². The van der Waals surface area contributed by atoms with Crippen LogP contribution in [0.15, 0.2) is 176 Å². The third kappa shape index (κ3) is 7.80. The summed E-state index contributed by atoms with van der Waals surface area (Å²) in [7, 11) is 0. The van der Waals surface area contributed by atoms with Crippen LogP contribution in [0.25, 0.3) is 72.3 Å². The van der Waals surface area contributed by atoms with Gasteiger partial charge in [0.25, 0.3) is 6.33 Å². The van der Waals surface area contributed by atoms with Gasteiger partial charge in [0.05, 0.1) is 44.4 Å².